The highest BCUT2D eigenvalue weighted by Gasteiger charge is 2.43. The lowest BCUT2D eigenvalue weighted by molar-refractivity contribution is -0.126. The minimum absolute atomic E-state index is 0.00660. The summed E-state index contributed by atoms with van der Waals surface area (Å²) in [5, 5.41) is 12.6. The molecule has 4 rings (SSSR count). The number of unbranched alkanes of at least 4 members (excludes halogenated alkanes) is 1. The van der Waals surface area contributed by atoms with Crippen LogP contribution in [0.2, 0.25) is 0 Å². The summed E-state index contributed by atoms with van der Waals surface area (Å²) in [6, 6.07) is 6.50. The van der Waals surface area contributed by atoms with Crippen LogP contribution in [-0.2, 0) is 50.6 Å². The van der Waals surface area contributed by atoms with Crippen molar-refractivity contribution in [2.24, 2.45) is 10.2 Å². The topological polar surface area (TPSA) is 398 Å². The normalized spacial score (nSPS) is 19.0. The van der Waals surface area contributed by atoms with E-state index in [4.69, 9.17) is 45.0 Å². The molecule has 1 fully saturated rings. The van der Waals surface area contributed by atoms with Gasteiger partial charge in [-0.1, -0.05) is 41.5 Å². The van der Waals surface area contributed by atoms with Gasteiger partial charge in [-0.15, -0.1) is 0 Å². The number of nitrogens with zero attached hydrogens (tertiary/aromatic N) is 9. The molecular formula is C33H45N12O16P3. The Hall–Kier alpha value is -5.15. The molecule has 0 radical (unpaired) electrons. The van der Waals surface area contributed by atoms with Gasteiger partial charge in [0, 0.05) is 41.2 Å². The van der Waals surface area contributed by atoms with Crippen LogP contribution in [0.4, 0.5) is 5.82 Å². The highest BCUT2D eigenvalue weighted by molar-refractivity contribution is 7.68. The van der Waals surface area contributed by atoms with E-state index in [1.54, 1.807) is 24.3 Å². The smallest absolute Gasteiger partial charge is 0.488 e. The highest BCUT2D eigenvalue weighted by atomic mass is 31.3. The molecule has 3 aromatic rings. The zero-order chi connectivity index (χ0) is 46.8. The molecule has 0 bridgehead atoms. The third-order valence-corrected chi connectivity index (χ3v) is 12.4. The standard InChI is InChI=1S/C33H45N12O16P3/c1-3-4-10-38-33(47)22-7-5-9-24(14-22)56-19-28(42-44-36)55-13-12-54-18-27(46)37-11-6-8-23-16-45(32-30(23)31(34)39-20-40-32)29-15-25(57-21-41-43-35)26(59-29)17-58-63(50,51)61-64(52,53)60-62(2,48)49/h5,7,9,14,16,20,25-26,28-29H,3-4,10-13,15,17-19,21H2,1-2H3,(H,37,46)(H,38,47)(H,48,49)(H,50,51)(H,52,53)(H2,34,39,40)/t25?,26-,28?,29-/m1/s1. The fraction of sp³-hybridized carbons (Fsp3) is 0.515. The van der Waals surface area contributed by atoms with Gasteiger partial charge in [0.2, 0.25) is 5.91 Å². The summed E-state index contributed by atoms with van der Waals surface area (Å²) in [6.45, 7) is 1.07. The second kappa shape index (κ2) is 24.8. The van der Waals surface area contributed by atoms with Crippen molar-refractivity contribution < 1.29 is 74.8 Å². The maximum atomic E-state index is 12.4. The molecule has 0 saturated carbocycles. The first-order chi connectivity index (χ1) is 30.4. The number of amides is 2. The number of phosphoric ester groups is 1. The van der Waals surface area contributed by atoms with Gasteiger partial charge in [-0.3, -0.25) is 18.7 Å². The third kappa shape index (κ3) is 17.1. The molecule has 0 spiro atoms. The Morgan fingerprint density at radius 3 is 2.66 bits per heavy atom. The number of rotatable bonds is 26. The van der Waals surface area contributed by atoms with Crippen LogP contribution in [0.25, 0.3) is 31.9 Å². The van der Waals surface area contributed by atoms with Crippen molar-refractivity contribution in [3.05, 3.63) is 68.8 Å². The number of azide groups is 2. The number of benzene rings is 1. The summed E-state index contributed by atoms with van der Waals surface area (Å²) in [4.78, 5) is 67.3. The van der Waals surface area contributed by atoms with Gasteiger partial charge >= 0.3 is 23.2 Å². The lowest BCUT2D eigenvalue weighted by Crippen LogP contribution is -2.29. The molecule has 1 saturated heterocycles. The number of phosphoric acid groups is 2. The number of carbonyl (C=O) groups is 2. The molecule has 28 nitrogen and oxygen atoms in total. The van der Waals surface area contributed by atoms with E-state index in [0.29, 0.717) is 35.5 Å². The summed E-state index contributed by atoms with van der Waals surface area (Å²) in [5.41, 5.74) is 24.8. The number of nitrogens with two attached hydrogens (primary N) is 1. The van der Waals surface area contributed by atoms with Crippen LogP contribution in [0.5, 0.6) is 5.75 Å². The van der Waals surface area contributed by atoms with Crippen molar-refractivity contribution in [1.82, 2.24) is 25.2 Å². The van der Waals surface area contributed by atoms with Crippen LogP contribution in [0.1, 0.15) is 48.3 Å². The van der Waals surface area contributed by atoms with E-state index in [0.717, 1.165) is 12.8 Å². The molecule has 1 aliphatic heterocycles. The first-order valence-electron chi connectivity index (χ1n) is 18.9. The van der Waals surface area contributed by atoms with Crippen molar-refractivity contribution in [3.63, 3.8) is 0 Å². The van der Waals surface area contributed by atoms with Crippen LogP contribution >= 0.6 is 23.2 Å². The predicted molar refractivity (Wildman–Crippen MR) is 222 cm³/mol. The Labute approximate surface area is 364 Å². The van der Waals surface area contributed by atoms with Crippen molar-refractivity contribution in [1.29, 1.82) is 0 Å². The molecule has 31 heteroatoms. The Kier molecular flexibility index (Phi) is 19.9. The zero-order valence-electron chi connectivity index (χ0n) is 34.1. The fourth-order valence-electron chi connectivity index (χ4n) is 5.59. The number of ether oxygens (including phenoxy) is 5. The molecule has 2 amide bonds. The van der Waals surface area contributed by atoms with Gasteiger partial charge in [-0.25, -0.2) is 23.4 Å². The summed E-state index contributed by atoms with van der Waals surface area (Å²) >= 11 is 0. The number of hydrogen-bond donors (Lipinski definition) is 6. The van der Waals surface area contributed by atoms with E-state index in [1.165, 1.54) is 17.1 Å². The average molecular weight is 959 g/mol. The van der Waals surface area contributed by atoms with Gasteiger partial charge < -0.3 is 59.3 Å². The summed E-state index contributed by atoms with van der Waals surface area (Å²) in [5.74, 6) is 5.34. The second-order valence-corrected chi connectivity index (χ2v) is 18.2. The van der Waals surface area contributed by atoms with Gasteiger partial charge in [0.15, 0.2) is 6.23 Å². The number of carbonyl (C=O) groups excluding carboxylic acids is 2. The monoisotopic (exact) mass is 958 g/mol. The number of aromatic nitrogens is 3. The van der Waals surface area contributed by atoms with E-state index in [-0.39, 0.29) is 56.8 Å². The van der Waals surface area contributed by atoms with Crippen molar-refractivity contribution in [2.45, 2.75) is 50.8 Å². The van der Waals surface area contributed by atoms with E-state index >= 15 is 0 Å². The highest BCUT2D eigenvalue weighted by Crippen LogP contribution is 2.66. The Balaban J connectivity index is 1.29. The number of nitrogens with one attached hydrogen (secondary N) is 2. The molecule has 348 valence electrons. The largest absolute Gasteiger partial charge is 0.491 e. The lowest BCUT2D eigenvalue weighted by atomic mass is 10.2. The first-order valence-corrected chi connectivity index (χ1v) is 23.9. The molecule has 3 heterocycles. The van der Waals surface area contributed by atoms with Gasteiger partial charge in [-0.2, -0.15) is 4.31 Å². The number of anilines is 1. The van der Waals surface area contributed by atoms with E-state index < -0.39 is 67.1 Å². The molecular weight excluding hydrogens is 913 g/mol. The molecule has 1 aromatic carbocycles. The Bertz CT molecular complexity index is 2400. The van der Waals surface area contributed by atoms with E-state index in [2.05, 4.69) is 61.1 Å². The van der Waals surface area contributed by atoms with Gasteiger partial charge in [0.05, 0.1) is 43.4 Å². The molecule has 7 atom stereocenters. The summed E-state index contributed by atoms with van der Waals surface area (Å²) in [7, 11) is -15.6. The SMILES string of the molecule is CCCCNC(=O)c1cccc(OCC(N=[N+]=[N-])OCCOCC(=O)NCC#Cc2cn([C@H]3CC(OCN=[N+]=[N-])[C@@H](COP(=O)(O)OP(=O)(O)OP(C)(=O)O)O3)c3ncnc(N)c23)c1. The quantitative estimate of drug-likeness (QED) is 0.0166. The third-order valence-electron chi connectivity index (χ3n) is 8.26. The van der Waals surface area contributed by atoms with Gasteiger partial charge in [0.25, 0.3) is 5.91 Å². The van der Waals surface area contributed by atoms with Crippen LogP contribution < -0.4 is 21.1 Å². The predicted octanol–water partition coefficient (Wildman–Crippen LogP) is 3.77. The maximum absolute atomic E-state index is 12.4. The van der Waals surface area contributed by atoms with Crippen LogP contribution in [-0.4, -0.2) is 119 Å². The van der Waals surface area contributed by atoms with Gasteiger partial charge in [0.1, 0.15) is 55.8 Å². The fourth-order valence-corrected chi connectivity index (χ4v) is 9.08. The summed E-state index contributed by atoms with van der Waals surface area (Å²) < 4.78 is 78.3. The van der Waals surface area contributed by atoms with Crippen molar-refractivity contribution in [2.75, 3.05) is 65.3 Å². The van der Waals surface area contributed by atoms with Crippen LogP contribution in [0.15, 0.2) is 47.0 Å². The number of hydrogen-bond acceptors (Lipinski definition) is 18. The molecule has 7 N–H and O–H groups in total. The van der Waals surface area contributed by atoms with Crippen LogP contribution in [0.3, 0.4) is 0 Å². The molecule has 64 heavy (non-hydrogen) atoms. The maximum Gasteiger partial charge on any atom is 0.488 e. The minimum atomic E-state index is -5.55. The van der Waals surface area contributed by atoms with E-state index in [1.807, 2.05) is 6.92 Å². The zero-order valence-corrected chi connectivity index (χ0v) is 36.8. The van der Waals surface area contributed by atoms with Crippen molar-refractivity contribution in [3.8, 4) is 17.6 Å². The molecule has 1 aliphatic rings. The minimum Gasteiger partial charge on any atom is -0.491 e. The summed E-state index contributed by atoms with van der Waals surface area (Å²) in [6.07, 6.45) is 0.306. The Morgan fingerprint density at radius 2 is 1.92 bits per heavy atom. The van der Waals surface area contributed by atoms with Gasteiger partial charge in [-0.05, 0) is 35.7 Å². The average Bonchev–Trinajstić information content (AvgIpc) is 3.81. The van der Waals surface area contributed by atoms with Crippen molar-refractivity contribution >= 4 is 51.9 Å². The first kappa shape index (κ1) is 51.5. The molecule has 2 aromatic heterocycles. The molecule has 0 aliphatic carbocycles. The van der Waals surface area contributed by atoms with Crippen LogP contribution in [0, 0.1) is 11.8 Å². The van der Waals surface area contributed by atoms with E-state index in [9.17, 15) is 38.0 Å². The molecule has 5 unspecified atom stereocenters. The Morgan fingerprint density at radius 1 is 1.12 bits per heavy atom. The number of fused-ring (bicyclic) bond motifs is 1. The number of nitrogen functional groups attached to an aromatic ring is 1. The lowest BCUT2D eigenvalue weighted by Gasteiger charge is -2.21. The second-order valence-electron chi connectivity index (χ2n) is 13.1.